The molecule has 0 saturated carbocycles. The third kappa shape index (κ3) is 3.40. The van der Waals surface area contributed by atoms with Crippen molar-refractivity contribution in [1.29, 1.82) is 0 Å². The second kappa shape index (κ2) is 7.24. The minimum Gasteiger partial charge on any atom is -0.368 e. The molecule has 1 aromatic carbocycles. The summed E-state index contributed by atoms with van der Waals surface area (Å²) in [6, 6.07) is 10.5. The Balaban J connectivity index is 1.55. The first-order valence-corrected chi connectivity index (χ1v) is 8.98. The summed E-state index contributed by atoms with van der Waals surface area (Å²) in [5.41, 5.74) is 1.21. The molecule has 5 heteroatoms. The molecular weight excluding hydrogens is 302 g/mol. The van der Waals surface area contributed by atoms with E-state index in [2.05, 4.69) is 30.9 Å². The van der Waals surface area contributed by atoms with E-state index in [1.807, 2.05) is 28.0 Å². The van der Waals surface area contributed by atoms with Crippen molar-refractivity contribution in [3.05, 3.63) is 30.3 Å². The predicted molar refractivity (Wildman–Crippen MR) is 94.8 cm³/mol. The number of carbonyl (C=O) groups excluding carboxylic acids is 2. The summed E-state index contributed by atoms with van der Waals surface area (Å²) in [5.74, 6) is 0.127. The molecule has 0 aliphatic carbocycles. The van der Waals surface area contributed by atoms with Crippen LogP contribution in [0.1, 0.15) is 26.7 Å². The zero-order valence-corrected chi connectivity index (χ0v) is 14.6. The zero-order chi connectivity index (χ0) is 17.1. The molecular formula is C19H27N3O2. The average molecular weight is 329 g/mol. The first-order chi connectivity index (χ1) is 11.6. The molecule has 2 fully saturated rings. The molecule has 24 heavy (non-hydrogen) atoms. The van der Waals surface area contributed by atoms with Crippen molar-refractivity contribution in [2.75, 3.05) is 37.6 Å². The highest BCUT2D eigenvalue weighted by atomic mass is 16.2. The Hall–Kier alpha value is -2.04. The number of hydrogen-bond donors (Lipinski definition) is 0. The minimum absolute atomic E-state index is 0.130. The lowest BCUT2D eigenvalue weighted by atomic mass is 10.1. The van der Waals surface area contributed by atoms with Gasteiger partial charge in [-0.3, -0.25) is 9.59 Å². The van der Waals surface area contributed by atoms with Gasteiger partial charge in [-0.2, -0.15) is 0 Å². The summed E-state index contributed by atoms with van der Waals surface area (Å²) >= 11 is 0. The van der Waals surface area contributed by atoms with E-state index in [0.29, 0.717) is 13.0 Å². The van der Waals surface area contributed by atoms with Crippen molar-refractivity contribution < 1.29 is 9.59 Å². The van der Waals surface area contributed by atoms with Gasteiger partial charge in [0.1, 0.15) is 0 Å². The van der Waals surface area contributed by atoms with Crippen molar-refractivity contribution >= 4 is 17.5 Å². The quantitative estimate of drug-likeness (QED) is 0.848. The Morgan fingerprint density at radius 1 is 1.17 bits per heavy atom. The number of hydrogen-bond acceptors (Lipinski definition) is 3. The highest BCUT2D eigenvalue weighted by molar-refractivity contribution is 5.89. The van der Waals surface area contributed by atoms with Crippen molar-refractivity contribution in [2.45, 2.75) is 32.7 Å². The van der Waals surface area contributed by atoms with E-state index in [9.17, 15) is 9.59 Å². The van der Waals surface area contributed by atoms with Gasteiger partial charge in [-0.1, -0.05) is 25.1 Å². The Morgan fingerprint density at radius 3 is 2.46 bits per heavy atom. The van der Waals surface area contributed by atoms with Crippen molar-refractivity contribution in [1.82, 2.24) is 9.80 Å². The topological polar surface area (TPSA) is 43.9 Å². The molecule has 2 amide bonds. The van der Waals surface area contributed by atoms with Crippen molar-refractivity contribution in [2.24, 2.45) is 5.92 Å². The van der Waals surface area contributed by atoms with E-state index < -0.39 is 0 Å². The smallest absolute Gasteiger partial charge is 0.228 e. The van der Waals surface area contributed by atoms with E-state index in [1.54, 1.807) is 0 Å². The van der Waals surface area contributed by atoms with Crippen LogP contribution in [0, 0.1) is 5.92 Å². The number of likely N-dealkylation sites (tertiary alicyclic amines) is 1. The predicted octanol–water partition coefficient (Wildman–Crippen LogP) is 1.98. The SMILES string of the molecule is CCC(C)N1CC(C(=O)N2CCN(c3ccccc3)CC2)CC1=O. The average Bonchev–Trinajstić information content (AvgIpc) is 3.03. The van der Waals surface area contributed by atoms with Crippen LogP contribution in [0.3, 0.4) is 0 Å². The molecule has 2 atom stereocenters. The number of rotatable bonds is 4. The van der Waals surface area contributed by atoms with E-state index in [1.165, 1.54) is 5.69 Å². The van der Waals surface area contributed by atoms with Crippen LogP contribution in [-0.4, -0.2) is 60.4 Å². The molecule has 2 unspecified atom stereocenters. The fourth-order valence-corrected chi connectivity index (χ4v) is 3.63. The molecule has 2 aliphatic rings. The third-order valence-corrected chi connectivity index (χ3v) is 5.34. The third-order valence-electron chi connectivity index (χ3n) is 5.34. The number of nitrogens with zero attached hydrogens (tertiary/aromatic N) is 3. The molecule has 2 saturated heterocycles. The van der Waals surface area contributed by atoms with Gasteiger partial charge in [0.25, 0.3) is 0 Å². The van der Waals surface area contributed by atoms with E-state index in [-0.39, 0.29) is 23.8 Å². The molecule has 0 bridgehead atoms. The van der Waals surface area contributed by atoms with Gasteiger partial charge in [-0.25, -0.2) is 0 Å². The highest BCUT2D eigenvalue weighted by Gasteiger charge is 2.38. The molecule has 0 radical (unpaired) electrons. The van der Waals surface area contributed by atoms with Gasteiger partial charge in [-0.15, -0.1) is 0 Å². The summed E-state index contributed by atoms with van der Waals surface area (Å²) in [6.07, 6.45) is 1.31. The normalized spacial score (nSPS) is 22.8. The number of amides is 2. The van der Waals surface area contributed by atoms with Crippen LogP contribution in [0.15, 0.2) is 30.3 Å². The van der Waals surface area contributed by atoms with Crippen LogP contribution >= 0.6 is 0 Å². The maximum atomic E-state index is 12.8. The number of anilines is 1. The molecule has 0 N–H and O–H groups in total. The molecule has 3 rings (SSSR count). The number of carbonyl (C=O) groups is 2. The van der Waals surface area contributed by atoms with Gasteiger partial charge in [0.15, 0.2) is 0 Å². The lowest BCUT2D eigenvalue weighted by molar-refractivity contribution is -0.136. The highest BCUT2D eigenvalue weighted by Crippen LogP contribution is 2.24. The van der Waals surface area contributed by atoms with Gasteiger partial charge in [0, 0.05) is 50.9 Å². The summed E-state index contributed by atoms with van der Waals surface area (Å²) in [4.78, 5) is 31.1. The molecule has 5 nitrogen and oxygen atoms in total. The van der Waals surface area contributed by atoms with Crippen LogP contribution < -0.4 is 4.90 Å². The van der Waals surface area contributed by atoms with Gasteiger partial charge >= 0.3 is 0 Å². The summed E-state index contributed by atoms with van der Waals surface area (Å²) < 4.78 is 0. The fourth-order valence-electron chi connectivity index (χ4n) is 3.63. The molecule has 2 aliphatic heterocycles. The maximum Gasteiger partial charge on any atom is 0.228 e. The summed E-state index contributed by atoms with van der Waals surface area (Å²) in [5, 5.41) is 0. The second-order valence-electron chi connectivity index (χ2n) is 6.85. The lowest BCUT2D eigenvalue weighted by Crippen LogP contribution is -2.50. The Morgan fingerprint density at radius 2 is 1.83 bits per heavy atom. The minimum atomic E-state index is -0.158. The van der Waals surface area contributed by atoms with Gasteiger partial charge in [0.05, 0.1) is 5.92 Å². The Bertz CT molecular complexity index is 582. The van der Waals surface area contributed by atoms with Gasteiger partial charge in [0.2, 0.25) is 11.8 Å². The maximum absolute atomic E-state index is 12.8. The molecule has 1 aromatic rings. The van der Waals surface area contributed by atoms with Crippen molar-refractivity contribution in [3.8, 4) is 0 Å². The van der Waals surface area contributed by atoms with Crippen molar-refractivity contribution in [3.63, 3.8) is 0 Å². The number of para-hydroxylation sites is 1. The molecule has 2 heterocycles. The monoisotopic (exact) mass is 329 g/mol. The standard InChI is InChI=1S/C19H27N3O2/c1-3-15(2)22-14-16(13-18(22)23)19(24)21-11-9-20(10-12-21)17-7-5-4-6-8-17/h4-8,15-16H,3,9-14H2,1-2H3. The van der Waals surface area contributed by atoms with E-state index in [0.717, 1.165) is 32.6 Å². The molecule has 0 spiro atoms. The summed E-state index contributed by atoms with van der Waals surface area (Å²) in [6.45, 7) is 7.91. The first kappa shape index (κ1) is 16.8. The Kier molecular flexibility index (Phi) is 5.07. The first-order valence-electron chi connectivity index (χ1n) is 8.98. The summed E-state index contributed by atoms with van der Waals surface area (Å²) in [7, 11) is 0. The van der Waals surface area contributed by atoms with Crippen LogP contribution in [0.5, 0.6) is 0 Å². The lowest BCUT2D eigenvalue weighted by Gasteiger charge is -2.37. The second-order valence-corrected chi connectivity index (χ2v) is 6.85. The molecule has 0 aromatic heterocycles. The van der Waals surface area contributed by atoms with Gasteiger partial charge < -0.3 is 14.7 Å². The fraction of sp³-hybridized carbons (Fsp3) is 0.579. The number of piperazine rings is 1. The van der Waals surface area contributed by atoms with E-state index >= 15 is 0 Å². The van der Waals surface area contributed by atoms with Crippen LogP contribution in [0.4, 0.5) is 5.69 Å². The van der Waals surface area contributed by atoms with Crippen LogP contribution in [0.25, 0.3) is 0 Å². The zero-order valence-electron chi connectivity index (χ0n) is 14.6. The van der Waals surface area contributed by atoms with Gasteiger partial charge in [-0.05, 0) is 25.5 Å². The largest absolute Gasteiger partial charge is 0.368 e. The van der Waals surface area contributed by atoms with Crippen LogP contribution in [0.2, 0.25) is 0 Å². The number of benzene rings is 1. The molecule has 130 valence electrons. The van der Waals surface area contributed by atoms with E-state index in [4.69, 9.17) is 0 Å². The van der Waals surface area contributed by atoms with Crippen LogP contribution in [-0.2, 0) is 9.59 Å². The Labute approximate surface area is 144 Å².